The molecule has 0 spiro atoms. The molecule has 1 aromatic carbocycles. The quantitative estimate of drug-likeness (QED) is 0.726. The van der Waals surface area contributed by atoms with Crippen LogP contribution in [0.5, 0.6) is 0 Å². The number of rotatable bonds is 2. The Bertz CT molecular complexity index is 315. The molecule has 0 fully saturated rings. The number of hydrogen-bond donors (Lipinski definition) is 1. The predicted molar refractivity (Wildman–Crippen MR) is 45.3 cm³/mol. The minimum Gasteiger partial charge on any atom is -0.383 e. The van der Waals surface area contributed by atoms with E-state index in [4.69, 9.17) is 5.26 Å². The van der Waals surface area contributed by atoms with Crippen molar-refractivity contribution in [1.29, 1.82) is 5.26 Å². The Balaban J connectivity index is 2.97. The van der Waals surface area contributed by atoms with Gasteiger partial charge in [-0.2, -0.15) is 5.26 Å². The molecule has 0 aliphatic heterocycles. The first-order chi connectivity index (χ1) is 5.77. The molecule has 0 aliphatic carbocycles. The fourth-order valence-corrected chi connectivity index (χ4v) is 0.918. The van der Waals surface area contributed by atoms with E-state index in [1.807, 2.05) is 13.0 Å². The van der Waals surface area contributed by atoms with Gasteiger partial charge in [-0.3, -0.25) is 0 Å². The summed E-state index contributed by atoms with van der Waals surface area (Å²) in [5.41, 5.74) is 0.783. The van der Waals surface area contributed by atoms with Crippen LogP contribution < -0.4 is 5.32 Å². The third-order valence-corrected chi connectivity index (χ3v) is 1.47. The fraction of sp³-hybridized carbons (Fsp3) is 0.222. The van der Waals surface area contributed by atoms with E-state index < -0.39 is 0 Å². The molecular weight excluding hydrogens is 155 g/mol. The summed E-state index contributed by atoms with van der Waals surface area (Å²) >= 11 is 0. The minimum atomic E-state index is -0.379. The van der Waals surface area contributed by atoms with Crippen LogP contribution in [-0.2, 0) is 0 Å². The lowest BCUT2D eigenvalue weighted by Gasteiger charge is -2.03. The summed E-state index contributed by atoms with van der Waals surface area (Å²) in [5, 5.41) is 11.3. The molecule has 1 aromatic rings. The number of nitriles is 1. The molecule has 1 rings (SSSR count). The molecular formula is C9H9FN2. The highest BCUT2D eigenvalue weighted by Gasteiger charge is 2.00. The predicted octanol–water partition coefficient (Wildman–Crippen LogP) is 2.13. The Morgan fingerprint density at radius 2 is 2.33 bits per heavy atom. The van der Waals surface area contributed by atoms with Gasteiger partial charge in [0, 0.05) is 6.54 Å². The molecule has 0 saturated carbocycles. The van der Waals surface area contributed by atoms with Crippen LogP contribution in [0.2, 0.25) is 0 Å². The van der Waals surface area contributed by atoms with Crippen molar-refractivity contribution in [3.05, 3.63) is 29.6 Å². The third kappa shape index (κ3) is 1.73. The fourth-order valence-electron chi connectivity index (χ4n) is 0.918. The smallest absolute Gasteiger partial charge is 0.147 e. The van der Waals surface area contributed by atoms with Gasteiger partial charge in [-0.25, -0.2) is 4.39 Å². The normalized spacial score (nSPS) is 9.08. The summed E-state index contributed by atoms with van der Waals surface area (Å²) < 4.78 is 13.0. The van der Waals surface area contributed by atoms with Crippen molar-refractivity contribution in [3.63, 3.8) is 0 Å². The largest absolute Gasteiger partial charge is 0.383 e. The van der Waals surface area contributed by atoms with Crippen LogP contribution in [0.1, 0.15) is 12.5 Å². The minimum absolute atomic E-state index is 0.342. The zero-order valence-electron chi connectivity index (χ0n) is 6.76. The zero-order valence-corrected chi connectivity index (χ0v) is 6.76. The molecule has 0 bridgehead atoms. The highest BCUT2D eigenvalue weighted by molar-refractivity contribution is 5.48. The number of benzene rings is 1. The SMILES string of the molecule is CCNc1ccc(C#N)cc1F. The molecule has 0 aromatic heterocycles. The molecule has 0 amide bonds. The van der Waals surface area contributed by atoms with Crippen LogP contribution in [0.4, 0.5) is 10.1 Å². The van der Waals surface area contributed by atoms with Crippen LogP contribution in [0, 0.1) is 17.1 Å². The van der Waals surface area contributed by atoms with Gasteiger partial charge in [-0.1, -0.05) is 0 Å². The maximum atomic E-state index is 13.0. The van der Waals surface area contributed by atoms with E-state index in [2.05, 4.69) is 5.32 Å². The number of halogens is 1. The average molecular weight is 164 g/mol. The molecule has 3 heteroatoms. The topological polar surface area (TPSA) is 35.8 Å². The Morgan fingerprint density at radius 3 is 2.83 bits per heavy atom. The number of anilines is 1. The highest BCUT2D eigenvalue weighted by atomic mass is 19.1. The van der Waals surface area contributed by atoms with Gasteiger partial charge in [0.25, 0.3) is 0 Å². The molecule has 0 aliphatic rings. The summed E-state index contributed by atoms with van der Waals surface area (Å²) in [6.07, 6.45) is 0. The lowest BCUT2D eigenvalue weighted by Crippen LogP contribution is -1.99. The van der Waals surface area contributed by atoms with Crippen molar-refractivity contribution < 1.29 is 4.39 Å². The molecule has 0 heterocycles. The van der Waals surface area contributed by atoms with E-state index in [-0.39, 0.29) is 5.82 Å². The maximum absolute atomic E-state index is 13.0. The van der Waals surface area contributed by atoms with E-state index in [0.717, 1.165) is 0 Å². The second-order valence-corrected chi connectivity index (χ2v) is 2.34. The summed E-state index contributed by atoms with van der Waals surface area (Å²) in [6.45, 7) is 2.56. The number of nitrogens with one attached hydrogen (secondary N) is 1. The van der Waals surface area contributed by atoms with Crippen molar-refractivity contribution >= 4 is 5.69 Å². The molecule has 0 radical (unpaired) electrons. The molecule has 12 heavy (non-hydrogen) atoms. The first kappa shape index (κ1) is 8.54. The molecule has 0 unspecified atom stereocenters. The van der Waals surface area contributed by atoms with Crippen molar-refractivity contribution in [2.75, 3.05) is 11.9 Å². The van der Waals surface area contributed by atoms with Gasteiger partial charge in [0.1, 0.15) is 5.82 Å². The lowest BCUT2D eigenvalue weighted by molar-refractivity contribution is 0.630. The van der Waals surface area contributed by atoms with Gasteiger partial charge in [0.2, 0.25) is 0 Å². The molecule has 0 saturated heterocycles. The van der Waals surface area contributed by atoms with Crippen LogP contribution >= 0.6 is 0 Å². The Morgan fingerprint density at radius 1 is 1.58 bits per heavy atom. The Kier molecular flexibility index (Phi) is 2.65. The van der Waals surface area contributed by atoms with Crippen molar-refractivity contribution in [1.82, 2.24) is 0 Å². The van der Waals surface area contributed by atoms with Gasteiger partial charge in [-0.05, 0) is 25.1 Å². The van der Waals surface area contributed by atoms with Crippen molar-refractivity contribution in [2.45, 2.75) is 6.92 Å². The van der Waals surface area contributed by atoms with Gasteiger partial charge < -0.3 is 5.32 Å². The summed E-state index contributed by atoms with van der Waals surface area (Å²) in [5.74, 6) is -0.379. The lowest BCUT2D eigenvalue weighted by atomic mass is 10.2. The van der Waals surface area contributed by atoms with E-state index in [0.29, 0.717) is 17.8 Å². The van der Waals surface area contributed by atoms with Crippen molar-refractivity contribution in [3.8, 4) is 6.07 Å². The van der Waals surface area contributed by atoms with E-state index >= 15 is 0 Å². The number of hydrogen-bond acceptors (Lipinski definition) is 2. The summed E-state index contributed by atoms with van der Waals surface area (Å²) in [4.78, 5) is 0. The summed E-state index contributed by atoms with van der Waals surface area (Å²) in [7, 11) is 0. The molecule has 2 nitrogen and oxygen atoms in total. The Labute approximate surface area is 70.6 Å². The molecule has 1 N–H and O–H groups in total. The maximum Gasteiger partial charge on any atom is 0.147 e. The van der Waals surface area contributed by atoms with Gasteiger partial charge in [0.15, 0.2) is 0 Å². The first-order valence-corrected chi connectivity index (χ1v) is 3.71. The Hall–Kier alpha value is -1.56. The standard InChI is InChI=1S/C9H9FN2/c1-2-12-9-4-3-7(6-11)5-8(9)10/h3-5,12H,2H2,1H3. The van der Waals surface area contributed by atoms with E-state index in [9.17, 15) is 4.39 Å². The van der Waals surface area contributed by atoms with Crippen LogP contribution in [0.3, 0.4) is 0 Å². The highest BCUT2D eigenvalue weighted by Crippen LogP contribution is 2.14. The monoisotopic (exact) mass is 164 g/mol. The van der Waals surface area contributed by atoms with E-state index in [1.54, 1.807) is 12.1 Å². The van der Waals surface area contributed by atoms with E-state index in [1.165, 1.54) is 6.07 Å². The van der Waals surface area contributed by atoms with Crippen LogP contribution in [-0.4, -0.2) is 6.54 Å². The molecule has 0 atom stereocenters. The van der Waals surface area contributed by atoms with Gasteiger partial charge in [0.05, 0.1) is 17.3 Å². The third-order valence-electron chi connectivity index (χ3n) is 1.47. The second kappa shape index (κ2) is 3.72. The first-order valence-electron chi connectivity index (χ1n) is 3.71. The van der Waals surface area contributed by atoms with Crippen LogP contribution in [0.15, 0.2) is 18.2 Å². The van der Waals surface area contributed by atoms with Crippen LogP contribution in [0.25, 0.3) is 0 Å². The second-order valence-electron chi connectivity index (χ2n) is 2.34. The number of nitrogens with zero attached hydrogens (tertiary/aromatic N) is 1. The van der Waals surface area contributed by atoms with Gasteiger partial charge in [-0.15, -0.1) is 0 Å². The zero-order chi connectivity index (χ0) is 8.97. The summed E-state index contributed by atoms with van der Waals surface area (Å²) in [6, 6.07) is 6.24. The molecule has 62 valence electrons. The van der Waals surface area contributed by atoms with Crippen molar-refractivity contribution in [2.24, 2.45) is 0 Å². The average Bonchev–Trinajstić information content (AvgIpc) is 2.09. The van der Waals surface area contributed by atoms with Gasteiger partial charge >= 0.3 is 0 Å².